The standard InChI is InChI=1S/C11H18N2O7S/c14-9(15)2-1-8(10(16)17)13-11(18)12-7-3-5-21(19,20)6-4-7/h7-8H,1-6H2,(H,14,15)(H,16,17)(H2,12,13,18). The van der Waals surface area contributed by atoms with Crippen molar-refractivity contribution in [2.24, 2.45) is 0 Å². The second kappa shape index (κ2) is 7.25. The molecule has 1 heterocycles. The van der Waals surface area contributed by atoms with E-state index in [1.54, 1.807) is 0 Å². The van der Waals surface area contributed by atoms with E-state index in [0.29, 0.717) is 0 Å². The van der Waals surface area contributed by atoms with E-state index in [1.807, 2.05) is 0 Å². The summed E-state index contributed by atoms with van der Waals surface area (Å²) in [6, 6.07) is -2.37. The van der Waals surface area contributed by atoms with Crippen LogP contribution in [0.15, 0.2) is 0 Å². The minimum atomic E-state index is -3.04. The van der Waals surface area contributed by atoms with E-state index in [1.165, 1.54) is 0 Å². The second-order valence-corrected chi connectivity index (χ2v) is 7.17. The summed E-state index contributed by atoms with van der Waals surface area (Å²) in [4.78, 5) is 33.0. The van der Waals surface area contributed by atoms with E-state index in [0.717, 1.165) is 0 Å². The lowest BCUT2D eigenvalue weighted by molar-refractivity contribution is -0.140. The molecule has 2 amide bonds. The Hall–Kier alpha value is -1.84. The third-order valence-electron chi connectivity index (χ3n) is 3.14. The molecule has 21 heavy (non-hydrogen) atoms. The van der Waals surface area contributed by atoms with Gasteiger partial charge in [0.2, 0.25) is 0 Å². The molecule has 1 atom stereocenters. The molecule has 0 radical (unpaired) electrons. The van der Waals surface area contributed by atoms with Gasteiger partial charge in [-0.15, -0.1) is 0 Å². The third-order valence-corrected chi connectivity index (χ3v) is 4.86. The highest BCUT2D eigenvalue weighted by Gasteiger charge is 2.26. The summed E-state index contributed by atoms with van der Waals surface area (Å²) in [7, 11) is -3.04. The summed E-state index contributed by atoms with van der Waals surface area (Å²) in [6.07, 6.45) is -0.0404. The highest BCUT2D eigenvalue weighted by atomic mass is 32.2. The van der Waals surface area contributed by atoms with Crippen molar-refractivity contribution in [3.05, 3.63) is 0 Å². The van der Waals surface area contributed by atoms with E-state index in [2.05, 4.69) is 10.6 Å². The van der Waals surface area contributed by atoms with E-state index in [9.17, 15) is 22.8 Å². The molecule has 1 aliphatic rings. The molecular formula is C11H18N2O7S. The van der Waals surface area contributed by atoms with Crippen molar-refractivity contribution in [3.63, 3.8) is 0 Å². The minimum Gasteiger partial charge on any atom is -0.481 e. The largest absolute Gasteiger partial charge is 0.481 e. The second-order valence-electron chi connectivity index (χ2n) is 4.87. The average molecular weight is 322 g/mol. The molecule has 0 aromatic carbocycles. The number of carbonyl (C=O) groups is 3. The topological polar surface area (TPSA) is 150 Å². The van der Waals surface area contributed by atoms with Gasteiger partial charge in [-0.3, -0.25) is 4.79 Å². The fourth-order valence-electron chi connectivity index (χ4n) is 1.94. The highest BCUT2D eigenvalue weighted by molar-refractivity contribution is 7.91. The van der Waals surface area contributed by atoms with Crippen LogP contribution in [0.4, 0.5) is 4.79 Å². The SMILES string of the molecule is O=C(O)CCC(NC(=O)NC1CCS(=O)(=O)CC1)C(=O)O. The minimum absolute atomic E-state index is 0.0146. The maximum Gasteiger partial charge on any atom is 0.326 e. The van der Waals surface area contributed by atoms with Crippen molar-refractivity contribution in [1.82, 2.24) is 10.6 Å². The zero-order chi connectivity index (χ0) is 16.0. The molecule has 1 fully saturated rings. The predicted molar refractivity (Wildman–Crippen MR) is 71.6 cm³/mol. The Kier molecular flexibility index (Phi) is 5.94. The Bertz CT molecular complexity index is 503. The average Bonchev–Trinajstić information content (AvgIpc) is 2.36. The van der Waals surface area contributed by atoms with Gasteiger partial charge >= 0.3 is 18.0 Å². The van der Waals surface area contributed by atoms with Gasteiger partial charge in [0.25, 0.3) is 0 Å². The number of urea groups is 1. The molecule has 4 N–H and O–H groups in total. The van der Waals surface area contributed by atoms with Gasteiger partial charge < -0.3 is 20.8 Å². The Morgan fingerprint density at radius 3 is 2.19 bits per heavy atom. The van der Waals surface area contributed by atoms with Crippen LogP contribution in [0.2, 0.25) is 0 Å². The first-order valence-corrected chi connectivity index (χ1v) is 8.24. The molecule has 1 saturated heterocycles. The van der Waals surface area contributed by atoms with Gasteiger partial charge in [0, 0.05) is 12.5 Å². The summed E-state index contributed by atoms with van der Waals surface area (Å²) in [5, 5.41) is 22.1. The van der Waals surface area contributed by atoms with E-state index in [4.69, 9.17) is 10.2 Å². The third kappa shape index (κ3) is 6.43. The summed E-state index contributed by atoms with van der Waals surface area (Å²) in [6.45, 7) is 0. The Labute approximate surface area is 121 Å². The van der Waals surface area contributed by atoms with Gasteiger partial charge in [-0.2, -0.15) is 0 Å². The number of nitrogens with one attached hydrogen (secondary N) is 2. The first-order chi connectivity index (χ1) is 9.69. The van der Waals surface area contributed by atoms with Gasteiger partial charge in [-0.1, -0.05) is 0 Å². The number of hydrogen-bond acceptors (Lipinski definition) is 5. The molecule has 0 aromatic heterocycles. The van der Waals surface area contributed by atoms with Crippen LogP contribution in [0.25, 0.3) is 0 Å². The predicted octanol–water partition coefficient (Wildman–Crippen LogP) is -0.819. The molecule has 0 saturated carbocycles. The lowest BCUT2D eigenvalue weighted by Crippen LogP contribution is -2.50. The fourth-order valence-corrected chi connectivity index (χ4v) is 3.44. The van der Waals surface area contributed by atoms with Crippen molar-refractivity contribution in [1.29, 1.82) is 0 Å². The number of amides is 2. The van der Waals surface area contributed by atoms with Crippen LogP contribution in [0.3, 0.4) is 0 Å². The fraction of sp³-hybridized carbons (Fsp3) is 0.727. The first-order valence-electron chi connectivity index (χ1n) is 6.41. The lowest BCUT2D eigenvalue weighted by Gasteiger charge is -2.24. The van der Waals surface area contributed by atoms with Gasteiger partial charge in [-0.05, 0) is 19.3 Å². The summed E-state index contributed by atoms with van der Waals surface area (Å²) < 4.78 is 22.5. The number of sulfone groups is 1. The van der Waals surface area contributed by atoms with Crippen molar-refractivity contribution in [2.75, 3.05) is 11.5 Å². The summed E-state index contributed by atoms with van der Waals surface area (Å²) >= 11 is 0. The number of carboxylic acid groups (broad SMARTS) is 2. The van der Waals surface area contributed by atoms with Crippen molar-refractivity contribution < 1.29 is 33.0 Å². The van der Waals surface area contributed by atoms with Crippen molar-refractivity contribution in [2.45, 2.75) is 37.8 Å². The molecule has 0 aromatic rings. The van der Waals surface area contributed by atoms with Crippen LogP contribution < -0.4 is 10.6 Å². The van der Waals surface area contributed by atoms with Crippen LogP contribution in [0, 0.1) is 0 Å². The van der Waals surface area contributed by atoms with Crippen LogP contribution >= 0.6 is 0 Å². The highest BCUT2D eigenvalue weighted by Crippen LogP contribution is 2.12. The van der Waals surface area contributed by atoms with E-state index in [-0.39, 0.29) is 43.2 Å². The zero-order valence-corrected chi connectivity index (χ0v) is 12.1. The number of carbonyl (C=O) groups excluding carboxylic acids is 1. The molecule has 1 unspecified atom stereocenters. The van der Waals surface area contributed by atoms with Gasteiger partial charge in [-0.25, -0.2) is 18.0 Å². The molecule has 120 valence electrons. The van der Waals surface area contributed by atoms with Crippen LogP contribution in [0.5, 0.6) is 0 Å². The quantitative estimate of drug-likeness (QED) is 0.499. The molecular weight excluding hydrogens is 304 g/mol. The van der Waals surface area contributed by atoms with Crippen LogP contribution in [0.1, 0.15) is 25.7 Å². The Balaban J connectivity index is 2.43. The van der Waals surface area contributed by atoms with Gasteiger partial charge in [0.15, 0.2) is 0 Å². The van der Waals surface area contributed by atoms with E-state index >= 15 is 0 Å². The van der Waals surface area contributed by atoms with Crippen LogP contribution in [-0.4, -0.2) is 60.2 Å². The molecule has 1 rings (SSSR count). The summed E-state index contributed by atoms with van der Waals surface area (Å²) in [5.74, 6) is -2.50. The molecule has 0 aliphatic carbocycles. The van der Waals surface area contributed by atoms with Crippen molar-refractivity contribution in [3.8, 4) is 0 Å². The normalized spacial score (nSPS) is 19.4. The number of hydrogen-bond donors (Lipinski definition) is 4. The number of aliphatic carboxylic acids is 2. The number of carboxylic acids is 2. The van der Waals surface area contributed by atoms with Crippen LogP contribution in [-0.2, 0) is 19.4 Å². The zero-order valence-electron chi connectivity index (χ0n) is 11.2. The maximum atomic E-state index is 11.6. The van der Waals surface area contributed by atoms with Gasteiger partial charge in [0.05, 0.1) is 11.5 Å². The molecule has 9 nitrogen and oxygen atoms in total. The molecule has 10 heteroatoms. The number of rotatable bonds is 6. The smallest absolute Gasteiger partial charge is 0.326 e. The Morgan fingerprint density at radius 2 is 1.71 bits per heavy atom. The first kappa shape index (κ1) is 17.2. The molecule has 1 aliphatic heterocycles. The monoisotopic (exact) mass is 322 g/mol. The van der Waals surface area contributed by atoms with Crippen molar-refractivity contribution >= 4 is 27.8 Å². The lowest BCUT2D eigenvalue weighted by atomic mass is 10.1. The van der Waals surface area contributed by atoms with Gasteiger partial charge in [0.1, 0.15) is 15.9 Å². The maximum absolute atomic E-state index is 11.6. The summed E-state index contributed by atoms with van der Waals surface area (Å²) in [5.41, 5.74) is 0. The Morgan fingerprint density at radius 1 is 1.14 bits per heavy atom. The molecule has 0 spiro atoms. The van der Waals surface area contributed by atoms with E-state index < -0.39 is 33.8 Å². The molecule has 0 bridgehead atoms.